The maximum absolute atomic E-state index is 12.9. The van der Waals surface area contributed by atoms with E-state index in [0.29, 0.717) is 123 Å². The first-order valence-corrected chi connectivity index (χ1v) is 20.2. The van der Waals surface area contributed by atoms with E-state index in [1.54, 1.807) is 30.9 Å². The summed E-state index contributed by atoms with van der Waals surface area (Å²) >= 11 is 0. The summed E-state index contributed by atoms with van der Waals surface area (Å²) in [6.07, 6.45) is 9.86. The molecule has 2 saturated heterocycles. The van der Waals surface area contributed by atoms with Crippen molar-refractivity contribution in [3.05, 3.63) is 60.4 Å². The highest BCUT2D eigenvalue weighted by Gasteiger charge is 2.24. The minimum absolute atomic E-state index is 0.0924. The summed E-state index contributed by atoms with van der Waals surface area (Å²) < 4.78 is 13.1. The summed E-state index contributed by atoms with van der Waals surface area (Å²) in [5.41, 5.74) is 22.2. The van der Waals surface area contributed by atoms with Crippen molar-refractivity contribution >= 4 is 57.7 Å². The molecule has 0 bridgehead atoms. The maximum atomic E-state index is 12.9. The Bertz CT molecular complexity index is 2390. The highest BCUT2D eigenvalue weighted by Crippen LogP contribution is 2.32. The van der Waals surface area contributed by atoms with E-state index in [2.05, 4.69) is 54.9 Å². The van der Waals surface area contributed by atoms with Crippen molar-refractivity contribution in [2.24, 2.45) is 5.73 Å². The Morgan fingerprint density at radius 2 is 1.53 bits per heavy atom. The number of amides is 2. The number of hydrogen-bond acceptors (Lipinski definition) is 18. The molecule has 7 heterocycles. The van der Waals surface area contributed by atoms with Crippen LogP contribution in [0, 0.1) is 0 Å². The number of ether oxygens (including phenoxy) is 1. The van der Waals surface area contributed by atoms with Crippen molar-refractivity contribution < 1.29 is 18.7 Å². The van der Waals surface area contributed by atoms with Crippen LogP contribution in [0.5, 0.6) is 0 Å². The molecular formula is C39H49N17O4. The topological polar surface area (TPSA) is 268 Å². The minimum atomic E-state index is -0.230. The van der Waals surface area contributed by atoms with Gasteiger partial charge in [0.2, 0.25) is 17.8 Å². The van der Waals surface area contributed by atoms with E-state index in [-0.39, 0.29) is 17.8 Å². The first-order chi connectivity index (χ1) is 29.3. The van der Waals surface area contributed by atoms with Gasteiger partial charge >= 0.3 is 0 Å². The van der Waals surface area contributed by atoms with Crippen molar-refractivity contribution in [3.8, 4) is 11.3 Å². The Labute approximate surface area is 345 Å². The molecule has 21 heteroatoms. The van der Waals surface area contributed by atoms with Gasteiger partial charge < -0.3 is 46.4 Å². The van der Waals surface area contributed by atoms with Gasteiger partial charge in [-0.2, -0.15) is 10.1 Å². The smallest absolute Gasteiger partial charge is 0.292 e. The van der Waals surface area contributed by atoms with Crippen LogP contribution in [-0.2, 0) is 22.6 Å². The van der Waals surface area contributed by atoms with Crippen LogP contribution in [0.15, 0.2) is 53.7 Å². The standard InChI is InChI=1S/C39H49N17O4/c40-20-26-21-44-38(45-22-26)55-14-12-53(13-15-55)31(57)5-17-59-18-16-52-8-10-54(11-9-52)39-46-23-28(24-47-39)36(58)43-6-1-2-7-56-35-32(34(41)48-25-49-35)33(51-56)27-3-4-30-29(19-27)50-37(42)60-30/h3-4,19,21-25H,1-2,5-18,20,40H2,(H2,42,50)(H,43,58)(H2,41,48,49). The van der Waals surface area contributed by atoms with Gasteiger partial charge in [0.05, 0.1) is 30.6 Å². The lowest BCUT2D eigenvalue weighted by atomic mass is 10.1. The molecule has 0 saturated carbocycles. The van der Waals surface area contributed by atoms with Crippen LogP contribution in [-0.4, -0.2) is 145 Å². The number of hydrogen-bond donors (Lipinski definition) is 4. The molecule has 21 nitrogen and oxygen atoms in total. The minimum Gasteiger partial charge on any atom is -0.424 e. The van der Waals surface area contributed by atoms with Gasteiger partial charge in [0.1, 0.15) is 23.4 Å². The molecule has 0 aliphatic carbocycles. The summed E-state index contributed by atoms with van der Waals surface area (Å²) in [6, 6.07) is 5.60. The molecule has 0 unspecified atom stereocenters. The highest BCUT2D eigenvalue weighted by atomic mass is 16.5. The molecule has 5 aromatic heterocycles. The summed E-state index contributed by atoms with van der Waals surface area (Å²) in [6.45, 7) is 9.01. The molecule has 2 aliphatic rings. The Morgan fingerprint density at radius 3 is 2.27 bits per heavy atom. The summed E-state index contributed by atoms with van der Waals surface area (Å²) in [5.74, 6) is 1.47. The second-order valence-electron chi connectivity index (χ2n) is 14.7. The van der Waals surface area contributed by atoms with Gasteiger partial charge in [-0.15, -0.1) is 0 Å². The summed E-state index contributed by atoms with van der Waals surface area (Å²) in [7, 11) is 0. The highest BCUT2D eigenvalue weighted by molar-refractivity contribution is 5.99. The number of nitrogens with two attached hydrogens (primary N) is 3. The Kier molecular flexibility index (Phi) is 12.4. The van der Waals surface area contributed by atoms with E-state index in [4.69, 9.17) is 31.5 Å². The van der Waals surface area contributed by atoms with Crippen LogP contribution in [0.1, 0.15) is 35.2 Å². The average molecular weight is 820 g/mol. The number of carbonyl (C=O) groups excluding carboxylic acids is 2. The number of anilines is 4. The van der Waals surface area contributed by atoms with Gasteiger partial charge in [0.25, 0.3) is 11.9 Å². The van der Waals surface area contributed by atoms with E-state index < -0.39 is 0 Å². The number of aryl methyl sites for hydroxylation is 1. The van der Waals surface area contributed by atoms with E-state index in [0.717, 1.165) is 50.3 Å². The van der Waals surface area contributed by atoms with Gasteiger partial charge in [-0.1, -0.05) is 0 Å². The first kappa shape index (κ1) is 40.2. The van der Waals surface area contributed by atoms with Crippen LogP contribution in [0.25, 0.3) is 33.4 Å². The number of unbranched alkanes of at least 4 members (excludes halogenated alkanes) is 1. The quantitative estimate of drug-likeness (QED) is 0.0989. The first-order valence-electron chi connectivity index (χ1n) is 20.2. The van der Waals surface area contributed by atoms with E-state index >= 15 is 0 Å². The number of aromatic nitrogens is 9. The van der Waals surface area contributed by atoms with Crippen molar-refractivity contribution in [1.29, 1.82) is 0 Å². The normalized spacial score (nSPS) is 15.0. The van der Waals surface area contributed by atoms with Crippen LogP contribution in [0.3, 0.4) is 0 Å². The Hall–Kier alpha value is -6.58. The Balaban J connectivity index is 0.708. The third-order valence-corrected chi connectivity index (χ3v) is 10.7. The van der Waals surface area contributed by atoms with Gasteiger partial charge in [-0.05, 0) is 31.0 Å². The molecule has 0 radical (unpaired) electrons. The number of fused-ring (bicyclic) bond motifs is 2. The van der Waals surface area contributed by atoms with Crippen molar-refractivity contribution in [3.63, 3.8) is 0 Å². The molecule has 2 fully saturated rings. The van der Waals surface area contributed by atoms with Crippen LogP contribution >= 0.6 is 0 Å². The average Bonchev–Trinajstić information content (AvgIpc) is 3.86. The second kappa shape index (κ2) is 18.6. The number of rotatable bonds is 16. The molecule has 1 aromatic carbocycles. The Morgan fingerprint density at radius 1 is 0.817 bits per heavy atom. The number of nitrogens with zero attached hydrogens (tertiary/aromatic N) is 13. The van der Waals surface area contributed by atoms with Crippen LogP contribution < -0.4 is 32.3 Å². The molecule has 8 rings (SSSR count). The predicted molar refractivity (Wildman–Crippen MR) is 224 cm³/mol. The number of oxazole rings is 1. The predicted octanol–water partition coefficient (Wildman–Crippen LogP) is 0.925. The van der Waals surface area contributed by atoms with E-state index in [9.17, 15) is 9.59 Å². The summed E-state index contributed by atoms with van der Waals surface area (Å²) in [5, 5.41) is 8.45. The molecule has 0 atom stereocenters. The number of benzene rings is 1. The van der Waals surface area contributed by atoms with Gasteiger partial charge in [-0.25, -0.2) is 34.6 Å². The number of carbonyl (C=O) groups is 2. The molecule has 60 heavy (non-hydrogen) atoms. The van der Waals surface area contributed by atoms with Crippen molar-refractivity contribution in [2.75, 3.05) is 99.9 Å². The SMILES string of the molecule is NCc1cnc(N2CCN(C(=O)CCOCCN3CCN(c4ncc(C(=O)NCCCCn5nc(-c6ccc7oc(N)nc7c6)c6c(N)ncnc65)cn4)CC3)CC2)nc1. The van der Waals surface area contributed by atoms with Crippen LogP contribution in [0.4, 0.5) is 23.7 Å². The molecular weight excluding hydrogens is 771 g/mol. The van der Waals surface area contributed by atoms with E-state index in [1.807, 2.05) is 21.7 Å². The zero-order valence-corrected chi connectivity index (χ0v) is 33.3. The molecule has 7 N–H and O–H groups in total. The fourth-order valence-electron chi connectivity index (χ4n) is 7.33. The molecule has 2 aliphatic heterocycles. The van der Waals surface area contributed by atoms with Gasteiger partial charge in [0.15, 0.2) is 11.2 Å². The monoisotopic (exact) mass is 819 g/mol. The van der Waals surface area contributed by atoms with Gasteiger partial charge in [-0.3, -0.25) is 14.5 Å². The van der Waals surface area contributed by atoms with E-state index in [1.165, 1.54) is 6.33 Å². The number of piperazine rings is 2. The van der Waals surface area contributed by atoms with Crippen molar-refractivity contribution in [1.82, 2.24) is 59.8 Å². The lowest BCUT2D eigenvalue weighted by molar-refractivity contribution is -0.132. The second-order valence-corrected chi connectivity index (χ2v) is 14.7. The third kappa shape index (κ3) is 9.32. The lowest BCUT2D eigenvalue weighted by Crippen LogP contribution is -2.49. The number of nitrogen functional groups attached to an aromatic ring is 2. The van der Waals surface area contributed by atoms with Crippen molar-refractivity contribution in [2.45, 2.75) is 32.4 Å². The van der Waals surface area contributed by atoms with Crippen LogP contribution in [0.2, 0.25) is 0 Å². The number of nitrogens with one attached hydrogen (secondary N) is 1. The maximum Gasteiger partial charge on any atom is 0.292 e. The zero-order valence-electron chi connectivity index (χ0n) is 33.3. The fraction of sp³-hybridized carbons (Fsp3) is 0.436. The molecule has 2 amide bonds. The molecule has 6 aromatic rings. The fourth-order valence-corrected chi connectivity index (χ4v) is 7.33. The molecule has 0 spiro atoms. The third-order valence-electron chi connectivity index (χ3n) is 10.7. The lowest BCUT2D eigenvalue weighted by Gasteiger charge is -2.35. The summed E-state index contributed by atoms with van der Waals surface area (Å²) in [4.78, 5) is 64.7. The largest absolute Gasteiger partial charge is 0.424 e. The van der Waals surface area contributed by atoms with Gasteiger partial charge in [0, 0.05) is 114 Å². The molecule has 314 valence electrons. The zero-order chi connectivity index (χ0) is 41.4.